The van der Waals surface area contributed by atoms with Gasteiger partial charge in [0.1, 0.15) is 5.76 Å². The fourth-order valence-corrected chi connectivity index (χ4v) is 4.81. The van der Waals surface area contributed by atoms with Crippen LogP contribution in [0.4, 0.5) is 35.2 Å². The molecule has 11 heteroatoms. The Morgan fingerprint density at radius 2 is 1.91 bits per heavy atom. The number of rotatable bonds is 8. The van der Waals surface area contributed by atoms with E-state index in [1.54, 1.807) is 30.0 Å². The summed E-state index contributed by atoms with van der Waals surface area (Å²) < 4.78 is 44.5. The molecule has 2 aromatic rings. The summed E-state index contributed by atoms with van der Waals surface area (Å²) in [6, 6.07) is 5.98. The van der Waals surface area contributed by atoms with Crippen LogP contribution in [-0.4, -0.2) is 41.0 Å². The number of alkyl halides is 3. The summed E-state index contributed by atoms with van der Waals surface area (Å²) in [5.41, 5.74) is 1.56. The highest BCUT2D eigenvalue weighted by atomic mass is 19.4. The predicted octanol–water partition coefficient (Wildman–Crippen LogP) is 5.91. The van der Waals surface area contributed by atoms with E-state index >= 15 is 0 Å². The van der Waals surface area contributed by atoms with Gasteiger partial charge in [0, 0.05) is 18.7 Å². The third-order valence-corrected chi connectivity index (χ3v) is 6.64. The topological polar surface area (TPSA) is 108 Å². The molecule has 2 amide bonds. The summed E-state index contributed by atoms with van der Waals surface area (Å²) in [7, 11) is 0. The molecule has 2 atom stereocenters. The molecule has 1 aromatic carbocycles. The molecule has 190 valence electrons. The number of amides is 2. The van der Waals surface area contributed by atoms with Crippen molar-refractivity contribution >= 4 is 29.2 Å². The number of aliphatic carboxylic acids is 1. The molecule has 0 spiro atoms. The number of carboxylic acids is 1. The molecule has 2 saturated carbocycles. The lowest BCUT2D eigenvalue weighted by Crippen LogP contribution is -2.39. The number of aryl methyl sites for hydroxylation is 1. The molecule has 35 heavy (non-hydrogen) atoms. The summed E-state index contributed by atoms with van der Waals surface area (Å²) >= 11 is 0. The first kappa shape index (κ1) is 24.9. The fourth-order valence-electron chi connectivity index (χ4n) is 4.81. The Bertz CT molecular complexity index is 1070. The van der Waals surface area contributed by atoms with Gasteiger partial charge in [-0.3, -0.25) is 10.1 Å². The maximum atomic E-state index is 13.2. The quantitative estimate of drug-likeness (QED) is 0.421. The van der Waals surface area contributed by atoms with Crippen molar-refractivity contribution in [2.24, 2.45) is 5.92 Å². The van der Waals surface area contributed by atoms with Crippen molar-refractivity contribution in [2.45, 2.75) is 70.0 Å². The molecular formula is C24H29F3N4O4. The zero-order valence-electron chi connectivity index (χ0n) is 19.4. The van der Waals surface area contributed by atoms with Crippen molar-refractivity contribution in [3.63, 3.8) is 0 Å². The highest BCUT2D eigenvalue weighted by Gasteiger charge is 2.44. The summed E-state index contributed by atoms with van der Waals surface area (Å²) in [5, 5.41) is 18.3. The van der Waals surface area contributed by atoms with Crippen molar-refractivity contribution in [1.29, 1.82) is 0 Å². The van der Waals surface area contributed by atoms with Gasteiger partial charge in [-0.2, -0.15) is 13.2 Å². The Morgan fingerprint density at radius 3 is 2.51 bits per heavy atom. The Hall–Kier alpha value is -3.24. The number of anilines is 3. The van der Waals surface area contributed by atoms with E-state index in [1.807, 2.05) is 0 Å². The van der Waals surface area contributed by atoms with Crippen LogP contribution in [0.15, 0.2) is 28.8 Å². The molecular weight excluding hydrogens is 465 g/mol. The van der Waals surface area contributed by atoms with Gasteiger partial charge in [0.05, 0.1) is 23.7 Å². The van der Waals surface area contributed by atoms with E-state index in [-0.39, 0.29) is 24.3 Å². The number of hydrogen-bond donors (Lipinski definition) is 3. The number of urea groups is 1. The van der Waals surface area contributed by atoms with E-state index in [0.29, 0.717) is 23.6 Å². The van der Waals surface area contributed by atoms with Gasteiger partial charge in [-0.15, -0.1) is 0 Å². The maximum absolute atomic E-state index is 13.2. The molecule has 2 aliphatic rings. The van der Waals surface area contributed by atoms with Crippen LogP contribution in [0.2, 0.25) is 0 Å². The van der Waals surface area contributed by atoms with Crippen LogP contribution in [0.25, 0.3) is 0 Å². The Labute approximate surface area is 200 Å². The molecule has 1 aromatic heterocycles. The van der Waals surface area contributed by atoms with Gasteiger partial charge in [-0.1, -0.05) is 30.5 Å². The number of nitrogens with zero attached hydrogens (tertiary/aromatic N) is 2. The van der Waals surface area contributed by atoms with Crippen molar-refractivity contribution in [1.82, 2.24) is 5.16 Å². The smallest absolute Gasteiger partial charge is 0.390 e. The minimum atomic E-state index is -4.31. The predicted molar refractivity (Wildman–Crippen MR) is 124 cm³/mol. The van der Waals surface area contributed by atoms with E-state index in [1.165, 1.54) is 6.07 Å². The number of carboxylic acid groups (broad SMARTS) is 1. The number of benzene rings is 1. The second kappa shape index (κ2) is 10.2. The minimum absolute atomic E-state index is 0.0774. The highest BCUT2D eigenvalue weighted by molar-refractivity contribution is 6.01. The summed E-state index contributed by atoms with van der Waals surface area (Å²) in [5.74, 6) is -0.872. The number of carbonyl (C=O) groups is 2. The zero-order chi connectivity index (χ0) is 25.2. The first-order valence-electron chi connectivity index (χ1n) is 11.8. The number of aromatic nitrogens is 1. The molecule has 0 aliphatic heterocycles. The lowest BCUT2D eigenvalue weighted by atomic mass is 9.93. The SMILES string of the molecule is Cc1cc(NC(=O)Nc2cc(C3CC3C(=O)O)ccc2N(CCC(F)(F)F)C2CCCCC2)no1. The summed E-state index contributed by atoms with van der Waals surface area (Å²) in [4.78, 5) is 25.8. The summed E-state index contributed by atoms with van der Waals surface area (Å²) in [6.07, 6.45) is -0.348. The van der Waals surface area contributed by atoms with Gasteiger partial charge in [-0.25, -0.2) is 4.79 Å². The first-order chi connectivity index (χ1) is 16.6. The average molecular weight is 495 g/mol. The molecule has 8 nitrogen and oxygen atoms in total. The molecule has 1 heterocycles. The molecule has 2 fully saturated rings. The van der Waals surface area contributed by atoms with Crippen LogP contribution in [0.5, 0.6) is 0 Å². The van der Waals surface area contributed by atoms with Crippen LogP contribution in [0, 0.1) is 12.8 Å². The normalized spacial score (nSPS) is 20.3. The van der Waals surface area contributed by atoms with Crippen LogP contribution in [0.3, 0.4) is 0 Å². The van der Waals surface area contributed by atoms with Gasteiger partial charge in [0.25, 0.3) is 0 Å². The average Bonchev–Trinajstić information content (AvgIpc) is 3.51. The zero-order valence-corrected chi connectivity index (χ0v) is 19.4. The Morgan fingerprint density at radius 1 is 1.17 bits per heavy atom. The third-order valence-electron chi connectivity index (χ3n) is 6.64. The van der Waals surface area contributed by atoms with Crippen LogP contribution in [-0.2, 0) is 4.79 Å². The van der Waals surface area contributed by atoms with Gasteiger partial charge >= 0.3 is 18.2 Å². The fraction of sp³-hybridized carbons (Fsp3) is 0.542. The standard InChI is InChI=1S/C24H29F3N4O4/c1-14-11-21(30-35-14)29-23(34)28-19-12-15(17-13-18(17)22(32)33)7-8-20(19)31(10-9-24(25,26)27)16-5-3-2-4-6-16/h7-8,11-12,16-18H,2-6,9-10,13H2,1H3,(H,32,33)(H2,28,29,30,34). The van der Waals surface area contributed by atoms with E-state index < -0.39 is 30.5 Å². The number of halogens is 3. The molecule has 4 rings (SSSR count). The largest absolute Gasteiger partial charge is 0.481 e. The summed E-state index contributed by atoms with van der Waals surface area (Å²) in [6.45, 7) is 1.45. The van der Waals surface area contributed by atoms with E-state index in [0.717, 1.165) is 37.7 Å². The Balaban J connectivity index is 1.64. The highest BCUT2D eigenvalue weighted by Crippen LogP contribution is 2.49. The third kappa shape index (κ3) is 6.46. The van der Waals surface area contributed by atoms with E-state index in [2.05, 4.69) is 15.8 Å². The van der Waals surface area contributed by atoms with E-state index in [9.17, 15) is 27.9 Å². The van der Waals surface area contributed by atoms with Crippen LogP contribution < -0.4 is 15.5 Å². The number of carbonyl (C=O) groups excluding carboxylic acids is 1. The van der Waals surface area contributed by atoms with Crippen molar-refractivity contribution in [3.05, 3.63) is 35.6 Å². The van der Waals surface area contributed by atoms with Gasteiger partial charge in [0.15, 0.2) is 5.82 Å². The van der Waals surface area contributed by atoms with Gasteiger partial charge < -0.3 is 19.8 Å². The van der Waals surface area contributed by atoms with Crippen LogP contribution >= 0.6 is 0 Å². The molecule has 0 radical (unpaired) electrons. The van der Waals surface area contributed by atoms with Crippen LogP contribution in [0.1, 0.15) is 62.2 Å². The Kier molecular flexibility index (Phi) is 7.23. The van der Waals surface area contributed by atoms with Crippen molar-refractivity contribution in [2.75, 3.05) is 22.1 Å². The molecule has 0 bridgehead atoms. The van der Waals surface area contributed by atoms with Gasteiger partial charge in [0.2, 0.25) is 0 Å². The van der Waals surface area contributed by atoms with E-state index in [4.69, 9.17) is 4.52 Å². The number of hydrogen-bond acceptors (Lipinski definition) is 5. The first-order valence-corrected chi connectivity index (χ1v) is 11.8. The second-order valence-electron chi connectivity index (χ2n) is 9.32. The molecule has 3 N–H and O–H groups in total. The maximum Gasteiger partial charge on any atom is 0.390 e. The lowest BCUT2D eigenvalue weighted by molar-refractivity contribution is -0.138. The lowest BCUT2D eigenvalue weighted by Gasteiger charge is -2.37. The molecule has 2 aliphatic carbocycles. The monoisotopic (exact) mass is 494 g/mol. The second-order valence-corrected chi connectivity index (χ2v) is 9.32. The van der Waals surface area contributed by atoms with Crippen molar-refractivity contribution < 1.29 is 32.4 Å². The number of nitrogens with one attached hydrogen (secondary N) is 2. The minimum Gasteiger partial charge on any atom is -0.481 e. The molecule has 0 saturated heterocycles. The van der Waals surface area contributed by atoms with Crippen molar-refractivity contribution in [3.8, 4) is 0 Å². The van der Waals surface area contributed by atoms with Gasteiger partial charge in [-0.05, 0) is 49.8 Å². The molecule has 2 unspecified atom stereocenters.